The predicted molar refractivity (Wildman–Crippen MR) is 77.4 cm³/mol. The maximum absolute atomic E-state index is 12.1. The minimum absolute atomic E-state index is 0.0849. The first-order chi connectivity index (χ1) is 9.60. The lowest BCUT2D eigenvalue weighted by Crippen LogP contribution is -2.37. The highest BCUT2D eigenvalue weighted by molar-refractivity contribution is 7.07. The Labute approximate surface area is 123 Å². The van der Waals surface area contributed by atoms with Gasteiger partial charge in [-0.15, -0.1) is 0 Å². The maximum Gasteiger partial charge on any atom is 0.310 e. The summed E-state index contributed by atoms with van der Waals surface area (Å²) in [7, 11) is 3.22. The third-order valence-corrected chi connectivity index (χ3v) is 4.32. The standard InChI is InChI=1S/C14H20N2O3S/c1-15(7-11-4-6-20-10-11)13(17)9-16-5-3-12(8-16)14(18)19-2/h4,6,10,12H,3,5,7-9H2,1-2H3. The molecule has 0 spiro atoms. The first-order valence-electron chi connectivity index (χ1n) is 6.65. The Morgan fingerprint density at radius 2 is 2.35 bits per heavy atom. The number of nitrogens with zero attached hydrogens (tertiary/aromatic N) is 2. The smallest absolute Gasteiger partial charge is 0.310 e. The minimum atomic E-state index is -0.174. The molecule has 1 aromatic heterocycles. The molecule has 1 aromatic rings. The van der Waals surface area contributed by atoms with Crippen LogP contribution in [0.2, 0.25) is 0 Å². The highest BCUT2D eigenvalue weighted by Gasteiger charge is 2.30. The van der Waals surface area contributed by atoms with Gasteiger partial charge in [0, 0.05) is 20.1 Å². The number of amides is 1. The molecule has 0 aromatic carbocycles. The van der Waals surface area contributed by atoms with Crippen LogP contribution in [0.3, 0.4) is 0 Å². The molecule has 1 atom stereocenters. The summed E-state index contributed by atoms with van der Waals surface area (Å²) in [5.74, 6) is -0.178. The molecule has 0 N–H and O–H groups in total. The van der Waals surface area contributed by atoms with Gasteiger partial charge in [0.15, 0.2) is 0 Å². The van der Waals surface area contributed by atoms with Gasteiger partial charge in [-0.05, 0) is 35.4 Å². The average Bonchev–Trinajstić information content (AvgIpc) is 3.09. The largest absolute Gasteiger partial charge is 0.469 e. The third kappa shape index (κ3) is 3.80. The quantitative estimate of drug-likeness (QED) is 0.766. The van der Waals surface area contributed by atoms with Crippen molar-refractivity contribution < 1.29 is 14.3 Å². The van der Waals surface area contributed by atoms with Crippen LogP contribution in [0.15, 0.2) is 16.8 Å². The van der Waals surface area contributed by atoms with Crippen molar-refractivity contribution >= 4 is 23.2 Å². The molecule has 0 saturated carbocycles. The molecule has 5 nitrogen and oxygen atoms in total. The summed E-state index contributed by atoms with van der Waals surface area (Å²) in [5.41, 5.74) is 1.15. The molecule has 0 aliphatic carbocycles. The molecular formula is C14H20N2O3S. The molecule has 1 unspecified atom stereocenters. The summed E-state index contributed by atoms with van der Waals surface area (Å²) in [4.78, 5) is 27.3. The fraction of sp³-hybridized carbons (Fsp3) is 0.571. The van der Waals surface area contributed by atoms with Gasteiger partial charge in [0.05, 0.1) is 19.6 Å². The first-order valence-corrected chi connectivity index (χ1v) is 7.59. The molecule has 1 aliphatic heterocycles. The van der Waals surface area contributed by atoms with E-state index in [9.17, 15) is 9.59 Å². The van der Waals surface area contributed by atoms with Crippen LogP contribution < -0.4 is 0 Å². The lowest BCUT2D eigenvalue weighted by molar-refractivity contribution is -0.145. The van der Waals surface area contributed by atoms with E-state index in [-0.39, 0.29) is 17.8 Å². The van der Waals surface area contributed by atoms with Crippen LogP contribution in [-0.2, 0) is 20.9 Å². The molecule has 1 amide bonds. The Morgan fingerprint density at radius 1 is 1.55 bits per heavy atom. The monoisotopic (exact) mass is 296 g/mol. The van der Waals surface area contributed by atoms with Crippen molar-refractivity contribution in [2.24, 2.45) is 5.92 Å². The highest BCUT2D eigenvalue weighted by Crippen LogP contribution is 2.17. The topological polar surface area (TPSA) is 49.9 Å². The molecule has 6 heteroatoms. The number of esters is 1. The molecular weight excluding hydrogens is 276 g/mol. The Hall–Kier alpha value is -1.40. The number of thiophene rings is 1. The van der Waals surface area contributed by atoms with E-state index in [2.05, 4.69) is 0 Å². The zero-order valence-corrected chi connectivity index (χ0v) is 12.7. The van der Waals surface area contributed by atoms with Crippen LogP contribution in [-0.4, -0.2) is 55.5 Å². The Balaban J connectivity index is 1.78. The van der Waals surface area contributed by atoms with E-state index >= 15 is 0 Å². The van der Waals surface area contributed by atoms with E-state index in [0.29, 0.717) is 19.6 Å². The lowest BCUT2D eigenvalue weighted by Gasteiger charge is -2.21. The molecule has 1 fully saturated rings. The number of hydrogen-bond donors (Lipinski definition) is 0. The summed E-state index contributed by atoms with van der Waals surface area (Å²) >= 11 is 1.63. The maximum atomic E-state index is 12.1. The molecule has 0 radical (unpaired) electrons. The molecule has 1 aliphatic rings. The van der Waals surface area contributed by atoms with Gasteiger partial charge in [-0.1, -0.05) is 0 Å². The highest BCUT2D eigenvalue weighted by atomic mass is 32.1. The number of hydrogen-bond acceptors (Lipinski definition) is 5. The van der Waals surface area contributed by atoms with Crippen LogP contribution >= 0.6 is 11.3 Å². The second-order valence-electron chi connectivity index (χ2n) is 5.13. The summed E-state index contributed by atoms with van der Waals surface area (Å²) < 4.78 is 4.75. The van der Waals surface area contributed by atoms with E-state index in [1.165, 1.54) is 7.11 Å². The fourth-order valence-electron chi connectivity index (χ4n) is 2.39. The molecule has 0 bridgehead atoms. The van der Waals surface area contributed by atoms with Crippen LogP contribution in [0, 0.1) is 5.92 Å². The van der Waals surface area contributed by atoms with Gasteiger partial charge in [0.2, 0.25) is 5.91 Å². The second kappa shape index (κ2) is 6.85. The van der Waals surface area contributed by atoms with E-state index < -0.39 is 0 Å². The van der Waals surface area contributed by atoms with Crippen LogP contribution in [0.4, 0.5) is 0 Å². The van der Waals surface area contributed by atoms with Gasteiger partial charge < -0.3 is 9.64 Å². The van der Waals surface area contributed by atoms with Gasteiger partial charge in [-0.25, -0.2) is 0 Å². The zero-order valence-electron chi connectivity index (χ0n) is 11.9. The van der Waals surface area contributed by atoms with E-state index in [4.69, 9.17) is 4.74 Å². The Kier molecular flexibility index (Phi) is 5.14. The van der Waals surface area contributed by atoms with E-state index in [0.717, 1.165) is 18.5 Å². The van der Waals surface area contributed by atoms with Gasteiger partial charge in [-0.2, -0.15) is 11.3 Å². The number of methoxy groups -OCH3 is 1. The second-order valence-corrected chi connectivity index (χ2v) is 5.91. The summed E-state index contributed by atoms with van der Waals surface area (Å²) in [5, 5.41) is 4.06. The molecule has 2 heterocycles. The van der Waals surface area contributed by atoms with Crippen molar-refractivity contribution in [1.29, 1.82) is 0 Å². The van der Waals surface area contributed by atoms with Crippen LogP contribution in [0.1, 0.15) is 12.0 Å². The van der Waals surface area contributed by atoms with Gasteiger partial charge in [0.1, 0.15) is 0 Å². The van der Waals surface area contributed by atoms with E-state index in [1.54, 1.807) is 16.2 Å². The van der Waals surface area contributed by atoms with Crippen molar-refractivity contribution in [2.75, 3.05) is 33.8 Å². The Bertz CT molecular complexity index is 461. The van der Waals surface area contributed by atoms with Gasteiger partial charge >= 0.3 is 5.97 Å². The first kappa shape index (κ1) is 15.0. The number of carbonyl (C=O) groups is 2. The average molecular weight is 296 g/mol. The third-order valence-electron chi connectivity index (χ3n) is 3.59. The summed E-state index contributed by atoms with van der Waals surface area (Å²) in [6.45, 7) is 2.40. The van der Waals surface area contributed by atoms with Gasteiger partial charge in [-0.3, -0.25) is 14.5 Å². The zero-order chi connectivity index (χ0) is 14.5. The molecule has 110 valence electrons. The van der Waals surface area contributed by atoms with Crippen LogP contribution in [0.25, 0.3) is 0 Å². The molecule has 2 rings (SSSR count). The molecule has 1 saturated heterocycles. The van der Waals surface area contributed by atoms with Crippen LogP contribution in [0.5, 0.6) is 0 Å². The Morgan fingerprint density at radius 3 is 3.00 bits per heavy atom. The predicted octanol–water partition coefficient (Wildman–Crippen LogP) is 1.20. The number of likely N-dealkylation sites (tertiary alicyclic amines) is 1. The van der Waals surface area contributed by atoms with Crippen molar-refractivity contribution in [3.63, 3.8) is 0 Å². The number of rotatable bonds is 5. The summed E-state index contributed by atoms with van der Waals surface area (Å²) in [6, 6.07) is 2.03. The van der Waals surface area contributed by atoms with Crippen molar-refractivity contribution in [3.05, 3.63) is 22.4 Å². The number of carbonyl (C=O) groups excluding carboxylic acids is 2. The van der Waals surface area contributed by atoms with E-state index in [1.807, 2.05) is 28.8 Å². The minimum Gasteiger partial charge on any atom is -0.469 e. The number of likely N-dealkylation sites (N-methyl/N-ethyl adjacent to an activating group) is 1. The van der Waals surface area contributed by atoms with Crippen molar-refractivity contribution in [2.45, 2.75) is 13.0 Å². The SMILES string of the molecule is COC(=O)C1CCN(CC(=O)N(C)Cc2ccsc2)C1. The molecule has 20 heavy (non-hydrogen) atoms. The normalized spacial score (nSPS) is 19.0. The summed E-state index contributed by atoms with van der Waals surface area (Å²) in [6.07, 6.45) is 0.772. The number of ether oxygens (including phenoxy) is 1. The fourth-order valence-corrected chi connectivity index (χ4v) is 3.05. The lowest BCUT2D eigenvalue weighted by atomic mass is 10.1. The van der Waals surface area contributed by atoms with Crippen molar-refractivity contribution in [1.82, 2.24) is 9.80 Å². The van der Waals surface area contributed by atoms with Gasteiger partial charge in [0.25, 0.3) is 0 Å². The van der Waals surface area contributed by atoms with Crippen molar-refractivity contribution in [3.8, 4) is 0 Å².